The molecule has 0 aliphatic carbocycles. The Labute approximate surface area is 133 Å². The Morgan fingerprint density at radius 1 is 1.17 bits per heavy atom. The second-order valence-electron chi connectivity index (χ2n) is 5.28. The van der Waals surface area contributed by atoms with Gasteiger partial charge in [-0.25, -0.2) is 0 Å². The molecule has 2 aromatic rings. The van der Waals surface area contributed by atoms with E-state index in [4.69, 9.17) is 0 Å². The van der Waals surface area contributed by atoms with Crippen LogP contribution >= 0.6 is 0 Å². The molecular formula is C16H20N4O3. The number of carbonyl (C=O) groups excluding carboxylic acids is 3. The van der Waals surface area contributed by atoms with Crippen LogP contribution in [0.15, 0.2) is 18.3 Å². The van der Waals surface area contributed by atoms with Gasteiger partial charge in [-0.1, -0.05) is 13.3 Å². The van der Waals surface area contributed by atoms with Crippen LogP contribution in [0.5, 0.6) is 0 Å². The summed E-state index contributed by atoms with van der Waals surface area (Å²) in [6.07, 6.45) is 3.02. The number of H-pyrrole nitrogens is 2. The molecule has 2 amide bonds. The largest absolute Gasteiger partial charge is 0.357 e. The minimum atomic E-state index is -0.482. The van der Waals surface area contributed by atoms with Crippen LogP contribution < -0.4 is 10.9 Å². The van der Waals surface area contributed by atoms with Gasteiger partial charge in [-0.05, 0) is 38.0 Å². The molecule has 0 spiro atoms. The number of aromatic amines is 2. The molecular weight excluding hydrogens is 296 g/mol. The Morgan fingerprint density at radius 2 is 1.87 bits per heavy atom. The number of ketones is 1. The van der Waals surface area contributed by atoms with Crippen LogP contribution in [0.1, 0.15) is 62.9 Å². The lowest BCUT2D eigenvalue weighted by molar-refractivity contribution is 0.0841. The maximum atomic E-state index is 12.3. The first-order chi connectivity index (χ1) is 11.0. The SMILES string of the molecule is CCCc1c(C(=O)NNC(=O)c2ccc[nH]2)[nH]c(C)c1C(C)=O. The maximum Gasteiger partial charge on any atom is 0.286 e. The normalized spacial score (nSPS) is 10.4. The molecule has 0 radical (unpaired) electrons. The molecule has 7 nitrogen and oxygen atoms in total. The average Bonchev–Trinajstić information content (AvgIpc) is 3.13. The van der Waals surface area contributed by atoms with E-state index in [0.717, 1.165) is 6.42 Å². The minimum Gasteiger partial charge on any atom is -0.357 e. The molecule has 0 saturated carbocycles. The zero-order valence-electron chi connectivity index (χ0n) is 13.4. The van der Waals surface area contributed by atoms with Crippen molar-refractivity contribution in [2.75, 3.05) is 0 Å². The van der Waals surface area contributed by atoms with Crippen molar-refractivity contribution in [3.8, 4) is 0 Å². The molecule has 2 rings (SSSR count). The van der Waals surface area contributed by atoms with E-state index in [1.165, 1.54) is 6.92 Å². The number of Topliss-reactive ketones (excluding diaryl/α,β-unsaturated/α-hetero) is 1. The van der Waals surface area contributed by atoms with Gasteiger partial charge >= 0.3 is 0 Å². The third-order valence-electron chi connectivity index (χ3n) is 3.50. The van der Waals surface area contributed by atoms with Crippen molar-refractivity contribution in [1.29, 1.82) is 0 Å². The molecule has 7 heteroatoms. The van der Waals surface area contributed by atoms with E-state index in [1.807, 2.05) is 6.92 Å². The number of amides is 2. The van der Waals surface area contributed by atoms with Crippen LogP contribution in [0.25, 0.3) is 0 Å². The standard InChI is InChI=1S/C16H20N4O3/c1-4-6-11-13(10(3)21)9(2)18-14(11)16(23)20-19-15(22)12-7-5-8-17-12/h5,7-8,17-18H,4,6H2,1-3H3,(H,19,22)(H,20,23). The molecule has 0 saturated heterocycles. The van der Waals surface area contributed by atoms with Crippen LogP contribution in [0.3, 0.4) is 0 Å². The van der Waals surface area contributed by atoms with Gasteiger partial charge in [0.2, 0.25) is 0 Å². The van der Waals surface area contributed by atoms with Gasteiger partial charge in [0.1, 0.15) is 11.4 Å². The molecule has 122 valence electrons. The molecule has 2 heterocycles. The first kappa shape index (κ1) is 16.5. The highest BCUT2D eigenvalue weighted by molar-refractivity contribution is 6.03. The zero-order valence-corrected chi connectivity index (χ0v) is 13.4. The number of rotatable bonds is 5. The van der Waals surface area contributed by atoms with Crippen molar-refractivity contribution < 1.29 is 14.4 Å². The number of nitrogens with one attached hydrogen (secondary N) is 4. The fraction of sp³-hybridized carbons (Fsp3) is 0.312. The van der Waals surface area contributed by atoms with Crippen molar-refractivity contribution in [3.63, 3.8) is 0 Å². The zero-order chi connectivity index (χ0) is 17.0. The van der Waals surface area contributed by atoms with Gasteiger partial charge in [0, 0.05) is 17.5 Å². The quantitative estimate of drug-likeness (QED) is 0.500. The number of hydrogen-bond donors (Lipinski definition) is 4. The lowest BCUT2D eigenvalue weighted by Crippen LogP contribution is -2.42. The lowest BCUT2D eigenvalue weighted by atomic mass is 10.0. The average molecular weight is 316 g/mol. The summed E-state index contributed by atoms with van der Waals surface area (Å²) in [4.78, 5) is 41.6. The summed E-state index contributed by atoms with van der Waals surface area (Å²) < 4.78 is 0. The molecule has 0 bridgehead atoms. The van der Waals surface area contributed by atoms with E-state index in [2.05, 4.69) is 20.8 Å². The highest BCUT2D eigenvalue weighted by Crippen LogP contribution is 2.21. The third-order valence-corrected chi connectivity index (χ3v) is 3.50. The van der Waals surface area contributed by atoms with E-state index in [9.17, 15) is 14.4 Å². The summed E-state index contributed by atoms with van der Waals surface area (Å²) in [5.74, 6) is -1.02. The fourth-order valence-corrected chi connectivity index (χ4v) is 2.56. The number of hydrazine groups is 1. The van der Waals surface area contributed by atoms with Crippen LogP contribution in [0.4, 0.5) is 0 Å². The number of aromatic nitrogens is 2. The third kappa shape index (κ3) is 3.50. The van der Waals surface area contributed by atoms with E-state index < -0.39 is 11.8 Å². The molecule has 4 N–H and O–H groups in total. The van der Waals surface area contributed by atoms with Gasteiger partial charge < -0.3 is 9.97 Å². The monoisotopic (exact) mass is 316 g/mol. The minimum absolute atomic E-state index is 0.0864. The van der Waals surface area contributed by atoms with E-state index in [0.29, 0.717) is 34.6 Å². The molecule has 0 aliphatic heterocycles. The van der Waals surface area contributed by atoms with Gasteiger partial charge in [0.25, 0.3) is 11.8 Å². The smallest absolute Gasteiger partial charge is 0.286 e. The van der Waals surface area contributed by atoms with E-state index in [1.54, 1.807) is 25.3 Å². The Morgan fingerprint density at radius 3 is 2.43 bits per heavy atom. The first-order valence-corrected chi connectivity index (χ1v) is 7.42. The van der Waals surface area contributed by atoms with Crippen molar-refractivity contribution in [1.82, 2.24) is 20.8 Å². The summed E-state index contributed by atoms with van der Waals surface area (Å²) in [6.45, 7) is 5.20. The van der Waals surface area contributed by atoms with Crippen molar-refractivity contribution >= 4 is 17.6 Å². The number of aryl methyl sites for hydroxylation is 1. The Bertz CT molecular complexity index is 729. The topological polar surface area (TPSA) is 107 Å². The molecule has 0 fully saturated rings. The molecule has 23 heavy (non-hydrogen) atoms. The summed E-state index contributed by atoms with van der Waals surface area (Å²) in [7, 11) is 0. The van der Waals surface area contributed by atoms with Crippen molar-refractivity contribution in [2.45, 2.75) is 33.6 Å². The molecule has 0 unspecified atom stereocenters. The second kappa shape index (κ2) is 6.95. The molecule has 0 aromatic carbocycles. The Kier molecular flexibility index (Phi) is 5.00. The van der Waals surface area contributed by atoms with Crippen LogP contribution in [0.2, 0.25) is 0 Å². The molecule has 0 atom stereocenters. The predicted octanol–water partition coefficient (Wildman–Crippen LogP) is 1.88. The van der Waals surface area contributed by atoms with E-state index >= 15 is 0 Å². The first-order valence-electron chi connectivity index (χ1n) is 7.42. The Balaban J connectivity index is 2.17. The molecule has 0 aliphatic rings. The van der Waals surface area contributed by atoms with Crippen LogP contribution in [-0.2, 0) is 6.42 Å². The van der Waals surface area contributed by atoms with Crippen LogP contribution in [0, 0.1) is 6.92 Å². The number of carbonyl (C=O) groups is 3. The number of hydrogen-bond acceptors (Lipinski definition) is 3. The predicted molar refractivity (Wildman–Crippen MR) is 85.3 cm³/mol. The van der Waals surface area contributed by atoms with E-state index in [-0.39, 0.29) is 5.78 Å². The summed E-state index contributed by atoms with van der Waals surface area (Å²) in [6, 6.07) is 3.28. The van der Waals surface area contributed by atoms with Crippen molar-refractivity contribution in [3.05, 3.63) is 46.5 Å². The summed E-state index contributed by atoms with van der Waals surface area (Å²) in [5, 5.41) is 0. The highest BCUT2D eigenvalue weighted by atomic mass is 16.2. The lowest BCUT2D eigenvalue weighted by Gasteiger charge is -2.07. The Hall–Kier alpha value is -2.83. The van der Waals surface area contributed by atoms with Gasteiger partial charge in [-0.2, -0.15) is 0 Å². The van der Waals surface area contributed by atoms with Gasteiger partial charge in [0.15, 0.2) is 5.78 Å². The van der Waals surface area contributed by atoms with Gasteiger partial charge in [-0.3, -0.25) is 25.2 Å². The fourth-order valence-electron chi connectivity index (χ4n) is 2.56. The second-order valence-corrected chi connectivity index (χ2v) is 5.28. The van der Waals surface area contributed by atoms with Gasteiger partial charge in [0.05, 0.1) is 0 Å². The van der Waals surface area contributed by atoms with Crippen molar-refractivity contribution in [2.24, 2.45) is 0 Å². The van der Waals surface area contributed by atoms with Gasteiger partial charge in [-0.15, -0.1) is 0 Å². The molecule has 2 aromatic heterocycles. The highest BCUT2D eigenvalue weighted by Gasteiger charge is 2.22. The summed E-state index contributed by atoms with van der Waals surface area (Å²) in [5.41, 5.74) is 7.23. The maximum absolute atomic E-state index is 12.3. The summed E-state index contributed by atoms with van der Waals surface area (Å²) >= 11 is 0. The van der Waals surface area contributed by atoms with Crippen LogP contribution in [-0.4, -0.2) is 27.6 Å².